The number of ether oxygens (including phenoxy) is 1. The maximum atomic E-state index is 12.6. The number of hydrazone groups is 1. The summed E-state index contributed by atoms with van der Waals surface area (Å²) in [5.74, 6) is -0.253. The van der Waals surface area contributed by atoms with E-state index in [1.54, 1.807) is 42.5 Å². The van der Waals surface area contributed by atoms with Crippen LogP contribution in [0.3, 0.4) is 0 Å². The second kappa shape index (κ2) is 10.4. The Morgan fingerprint density at radius 3 is 2.47 bits per heavy atom. The summed E-state index contributed by atoms with van der Waals surface area (Å²) >= 11 is 11.8. The van der Waals surface area contributed by atoms with Crippen LogP contribution in [0.5, 0.6) is 0 Å². The first-order chi connectivity index (χ1) is 14.4. The molecule has 1 aliphatic rings. The van der Waals surface area contributed by atoms with Crippen molar-refractivity contribution >= 4 is 45.3 Å². The molecule has 0 atom stereocenters. The third kappa shape index (κ3) is 6.02. The van der Waals surface area contributed by atoms with Crippen LogP contribution in [0, 0.1) is 0 Å². The number of rotatable bonds is 7. The molecule has 30 heavy (non-hydrogen) atoms. The maximum Gasteiger partial charge on any atom is 0.243 e. The van der Waals surface area contributed by atoms with Crippen LogP contribution >= 0.6 is 23.2 Å². The normalized spacial score (nSPS) is 15.4. The van der Waals surface area contributed by atoms with Gasteiger partial charge in [0.1, 0.15) is 0 Å². The van der Waals surface area contributed by atoms with Crippen LogP contribution in [-0.4, -0.2) is 51.1 Å². The van der Waals surface area contributed by atoms with E-state index in [4.69, 9.17) is 27.9 Å². The molecule has 1 amide bonds. The average Bonchev–Trinajstić information content (AvgIpc) is 2.76. The van der Waals surface area contributed by atoms with E-state index in [2.05, 4.69) is 10.5 Å². The van der Waals surface area contributed by atoms with Gasteiger partial charge in [-0.05, 0) is 41.8 Å². The van der Waals surface area contributed by atoms with Gasteiger partial charge in [0.25, 0.3) is 0 Å². The first-order valence-corrected chi connectivity index (χ1v) is 11.5. The minimum Gasteiger partial charge on any atom is -0.379 e. The van der Waals surface area contributed by atoms with Crippen LogP contribution in [0.15, 0.2) is 52.5 Å². The van der Waals surface area contributed by atoms with Crippen LogP contribution in [0.4, 0.5) is 0 Å². The van der Waals surface area contributed by atoms with E-state index in [0.29, 0.717) is 48.3 Å². The van der Waals surface area contributed by atoms with Crippen molar-refractivity contribution < 1.29 is 17.9 Å². The summed E-state index contributed by atoms with van der Waals surface area (Å²) in [5, 5.41) is 4.76. The van der Waals surface area contributed by atoms with Gasteiger partial charge >= 0.3 is 0 Å². The lowest BCUT2D eigenvalue weighted by atomic mass is 10.1. The lowest BCUT2D eigenvalue weighted by Gasteiger charge is -2.26. The molecule has 0 bridgehead atoms. The van der Waals surface area contributed by atoms with Gasteiger partial charge in [0, 0.05) is 19.5 Å². The van der Waals surface area contributed by atoms with Crippen LogP contribution in [0.1, 0.15) is 17.5 Å². The fourth-order valence-electron chi connectivity index (χ4n) is 2.85. The Balaban J connectivity index is 1.50. The summed E-state index contributed by atoms with van der Waals surface area (Å²) in [7, 11) is -3.52. The van der Waals surface area contributed by atoms with Gasteiger partial charge in [0.15, 0.2) is 0 Å². The highest BCUT2D eigenvalue weighted by atomic mass is 35.5. The summed E-state index contributed by atoms with van der Waals surface area (Å²) in [6.07, 6.45) is 2.16. The van der Waals surface area contributed by atoms with Gasteiger partial charge in [-0.2, -0.15) is 9.41 Å². The van der Waals surface area contributed by atoms with E-state index in [0.717, 1.165) is 5.56 Å². The van der Waals surface area contributed by atoms with Crippen molar-refractivity contribution in [2.24, 2.45) is 5.10 Å². The third-order valence-corrected chi connectivity index (χ3v) is 7.17. The molecular weight excluding hydrogens is 449 g/mol. The molecule has 1 aliphatic heterocycles. The zero-order valence-corrected chi connectivity index (χ0v) is 18.4. The number of benzene rings is 2. The number of hydrogen-bond donors (Lipinski definition) is 1. The Labute approximate surface area is 185 Å². The van der Waals surface area contributed by atoms with Crippen molar-refractivity contribution in [3.8, 4) is 0 Å². The lowest BCUT2D eigenvalue weighted by molar-refractivity contribution is -0.121. The number of carbonyl (C=O) groups is 1. The topological polar surface area (TPSA) is 88.1 Å². The number of nitrogens with zero attached hydrogens (tertiary/aromatic N) is 2. The quantitative estimate of drug-likeness (QED) is 0.498. The molecule has 1 saturated heterocycles. The number of halogens is 2. The SMILES string of the molecule is O=C(CCc1ccc(S(=O)(=O)N2CCOCC2)cc1)N/N=C/c1ccc(Cl)c(Cl)c1. The number of sulfonamides is 1. The van der Waals surface area contributed by atoms with Crippen molar-refractivity contribution in [1.82, 2.24) is 9.73 Å². The molecule has 2 aromatic carbocycles. The van der Waals surface area contributed by atoms with Crippen LogP contribution in [0.25, 0.3) is 0 Å². The summed E-state index contributed by atoms with van der Waals surface area (Å²) in [5.41, 5.74) is 4.02. The van der Waals surface area contributed by atoms with E-state index in [1.807, 2.05) is 0 Å². The number of carbonyl (C=O) groups excluding carboxylic acids is 1. The molecule has 0 unspecified atom stereocenters. The molecule has 3 rings (SSSR count). The lowest BCUT2D eigenvalue weighted by Crippen LogP contribution is -2.40. The number of morpholine rings is 1. The minimum atomic E-state index is -3.52. The molecule has 1 heterocycles. The molecule has 2 aromatic rings. The third-order valence-electron chi connectivity index (χ3n) is 4.52. The van der Waals surface area contributed by atoms with Crippen LogP contribution in [0.2, 0.25) is 10.0 Å². The van der Waals surface area contributed by atoms with Crippen molar-refractivity contribution in [3.63, 3.8) is 0 Å². The Morgan fingerprint density at radius 1 is 1.10 bits per heavy atom. The molecule has 1 N–H and O–H groups in total. The standard InChI is InChI=1S/C20H21Cl2N3O4S/c21-18-7-3-16(13-19(18)22)14-23-24-20(26)8-4-15-1-5-17(6-2-15)30(27,28)25-9-11-29-12-10-25/h1-3,5-7,13-14H,4,8-12H2,(H,24,26)/b23-14+. The van der Waals surface area contributed by atoms with Gasteiger partial charge in [-0.1, -0.05) is 41.4 Å². The first kappa shape index (κ1) is 22.7. The highest BCUT2D eigenvalue weighted by Crippen LogP contribution is 2.22. The second-order valence-electron chi connectivity index (χ2n) is 6.63. The van der Waals surface area contributed by atoms with E-state index < -0.39 is 10.0 Å². The van der Waals surface area contributed by atoms with E-state index in [-0.39, 0.29) is 17.2 Å². The van der Waals surface area contributed by atoms with Gasteiger partial charge in [-0.25, -0.2) is 13.8 Å². The van der Waals surface area contributed by atoms with Gasteiger partial charge in [0.05, 0.1) is 34.4 Å². The average molecular weight is 470 g/mol. The van der Waals surface area contributed by atoms with E-state index in [1.165, 1.54) is 10.5 Å². The fourth-order valence-corrected chi connectivity index (χ4v) is 4.56. The molecule has 0 saturated carbocycles. The Kier molecular flexibility index (Phi) is 7.85. The van der Waals surface area contributed by atoms with Gasteiger partial charge in [-0.15, -0.1) is 0 Å². The molecule has 160 valence electrons. The summed E-state index contributed by atoms with van der Waals surface area (Å²) in [6.45, 7) is 1.51. The number of aryl methyl sites for hydroxylation is 1. The minimum absolute atomic E-state index is 0.217. The van der Waals surface area contributed by atoms with E-state index in [9.17, 15) is 13.2 Å². The zero-order valence-electron chi connectivity index (χ0n) is 16.1. The van der Waals surface area contributed by atoms with Crippen molar-refractivity contribution in [1.29, 1.82) is 0 Å². The summed E-state index contributed by atoms with van der Waals surface area (Å²) in [6, 6.07) is 11.6. The predicted octanol–water partition coefficient (Wildman–Crippen LogP) is 3.10. The van der Waals surface area contributed by atoms with E-state index >= 15 is 0 Å². The highest BCUT2D eigenvalue weighted by Gasteiger charge is 2.26. The largest absolute Gasteiger partial charge is 0.379 e. The molecule has 0 radical (unpaired) electrons. The van der Waals surface area contributed by atoms with Crippen molar-refractivity contribution in [3.05, 3.63) is 63.6 Å². The molecule has 7 nitrogen and oxygen atoms in total. The monoisotopic (exact) mass is 469 g/mol. The number of amides is 1. The Hall–Kier alpha value is -1.97. The van der Waals surface area contributed by atoms with Crippen LogP contribution in [-0.2, 0) is 26.0 Å². The van der Waals surface area contributed by atoms with Crippen molar-refractivity contribution in [2.45, 2.75) is 17.7 Å². The molecule has 1 fully saturated rings. The molecule has 0 spiro atoms. The summed E-state index contributed by atoms with van der Waals surface area (Å²) in [4.78, 5) is 12.2. The number of hydrogen-bond acceptors (Lipinski definition) is 5. The van der Waals surface area contributed by atoms with Crippen LogP contribution < -0.4 is 5.43 Å². The fraction of sp³-hybridized carbons (Fsp3) is 0.300. The highest BCUT2D eigenvalue weighted by molar-refractivity contribution is 7.89. The zero-order chi connectivity index (χ0) is 21.6. The Bertz CT molecular complexity index is 1020. The smallest absolute Gasteiger partial charge is 0.243 e. The van der Waals surface area contributed by atoms with Crippen molar-refractivity contribution in [2.75, 3.05) is 26.3 Å². The predicted molar refractivity (Wildman–Crippen MR) is 117 cm³/mol. The molecular formula is C20H21Cl2N3O4S. The van der Waals surface area contributed by atoms with Gasteiger partial charge in [-0.3, -0.25) is 4.79 Å². The molecule has 0 aliphatic carbocycles. The van der Waals surface area contributed by atoms with Gasteiger partial charge < -0.3 is 4.74 Å². The molecule has 0 aromatic heterocycles. The second-order valence-corrected chi connectivity index (χ2v) is 9.38. The first-order valence-electron chi connectivity index (χ1n) is 9.30. The Morgan fingerprint density at radius 2 is 1.80 bits per heavy atom. The number of nitrogens with one attached hydrogen (secondary N) is 1. The maximum absolute atomic E-state index is 12.6. The molecule has 10 heteroatoms. The summed E-state index contributed by atoms with van der Waals surface area (Å²) < 4.78 is 31.9. The van der Waals surface area contributed by atoms with Gasteiger partial charge in [0.2, 0.25) is 15.9 Å².